The SMILES string of the molecule is O=C(Nc1nc(-c2ccccc2)cs1)[C@H]1CC[C@H]1C(=O)O. The fourth-order valence-electron chi connectivity index (χ4n) is 2.38. The molecule has 2 aromatic rings. The molecule has 1 aromatic heterocycles. The van der Waals surface area contributed by atoms with Gasteiger partial charge in [0.25, 0.3) is 0 Å². The van der Waals surface area contributed by atoms with Crippen LogP contribution in [0.15, 0.2) is 35.7 Å². The van der Waals surface area contributed by atoms with Crippen LogP contribution in [0.3, 0.4) is 0 Å². The van der Waals surface area contributed by atoms with Gasteiger partial charge in [-0.05, 0) is 12.8 Å². The summed E-state index contributed by atoms with van der Waals surface area (Å²) in [5, 5.41) is 14.1. The summed E-state index contributed by atoms with van der Waals surface area (Å²) < 4.78 is 0. The number of aromatic nitrogens is 1. The van der Waals surface area contributed by atoms with Crippen molar-refractivity contribution >= 4 is 28.3 Å². The molecule has 2 N–H and O–H groups in total. The van der Waals surface area contributed by atoms with Crippen molar-refractivity contribution in [2.75, 3.05) is 5.32 Å². The van der Waals surface area contributed by atoms with E-state index in [9.17, 15) is 9.59 Å². The lowest BCUT2D eigenvalue weighted by atomic mass is 9.73. The number of benzene rings is 1. The Balaban J connectivity index is 1.68. The van der Waals surface area contributed by atoms with E-state index >= 15 is 0 Å². The van der Waals surface area contributed by atoms with Crippen molar-refractivity contribution < 1.29 is 14.7 Å². The monoisotopic (exact) mass is 302 g/mol. The first-order valence-electron chi connectivity index (χ1n) is 6.70. The number of anilines is 1. The number of hydrogen-bond acceptors (Lipinski definition) is 4. The van der Waals surface area contributed by atoms with E-state index < -0.39 is 17.8 Å². The van der Waals surface area contributed by atoms with Crippen molar-refractivity contribution in [2.45, 2.75) is 12.8 Å². The molecule has 0 unspecified atom stereocenters. The number of hydrogen-bond donors (Lipinski definition) is 2. The van der Waals surface area contributed by atoms with Crippen LogP contribution in [0, 0.1) is 11.8 Å². The second kappa shape index (κ2) is 5.65. The lowest BCUT2D eigenvalue weighted by molar-refractivity contribution is -0.151. The van der Waals surface area contributed by atoms with Crippen LogP contribution in [0.1, 0.15) is 12.8 Å². The Morgan fingerprint density at radius 1 is 1.19 bits per heavy atom. The number of rotatable bonds is 4. The molecule has 1 heterocycles. The van der Waals surface area contributed by atoms with Crippen LogP contribution in [0.5, 0.6) is 0 Å². The van der Waals surface area contributed by atoms with Gasteiger partial charge >= 0.3 is 5.97 Å². The van der Waals surface area contributed by atoms with Gasteiger partial charge in [0.05, 0.1) is 17.5 Å². The second-order valence-corrected chi connectivity index (χ2v) is 5.88. The maximum Gasteiger partial charge on any atom is 0.307 e. The molecule has 21 heavy (non-hydrogen) atoms. The van der Waals surface area contributed by atoms with E-state index in [0.29, 0.717) is 18.0 Å². The molecule has 1 aliphatic rings. The van der Waals surface area contributed by atoms with Gasteiger partial charge < -0.3 is 10.4 Å². The lowest BCUT2D eigenvalue weighted by Crippen LogP contribution is -2.41. The van der Waals surface area contributed by atoms with Crippen molar-refractivity contribution in [1.82, 2.24) is 4.98 Å². The van der Waals surface area contributed by atoms with Crippen LogP contribution in [-0.4, -0.2) is 22.0 Å². The zero-order valence-corrected chi connectivity index (χ0v) is 12.0. The molecule has 3 rings (SSSR count). The van der Waals surface area contributed by atoms with Gasteiger partial charge in [0.1, 0.15) is 0 Å². The molecule has 1 saturated carbocycles. The van der Waals surface area contributed by atoms with E-state index in [2.05, 4.69) is 10.3 Å². The number of aliphatic carboxylic acids is 1. The molecule has 2 atom stereocenters. The first-order valence-corrected chi connectivity index (χ1v) is 7.58. The Labute approximate surface area is 125 Å². The molecule has 108 valence electrons. The van der Waals surface area contributed by atoms with Gasteiger partial charge in [-0.1, -0.05) is 30.3 Å². The van der Waals surface area contributed by atoms with Crippen LogP contribution in [0.4, 0.5) is 5.13 Å². The number of carboxylic acids is 1. The summed E-state index contributed by atoms with van der Waals surface area (Å²) in [6, 6.07) is 9.69. The summed E-state index contributed by atoms with van der Waals surface area (Å²) in [4.78, 5) is 27.4. The zero-order valence-electron chi connectivity index (χ0n) is 11.2. The fourth-order valence-corrected chi connectivity index (χ4v) is 3.10. The molecule has 0 radical (unpaired) electrons. The highest BCUT2D eigenvalue weighted by Crippen LogP contribution is 2.35. The number of carbonyl (C=O) groups is 2. The average Bonchev–Trinajstić information content (AvgIpc) is 2.86. The quantitative estimate of drug-likeness (QED) is 0.910. The Hall–Kier alpha value is -2.21. The number of nitrogens with zero attached hydrogens (tertiary/aromatic N) is 1. The Bertz CT molecular complexity index is 669. The van der Waals surface area contributed by atoms with Crippen molar-refractivity contribution in [3.05, 3.63) is 35.7 Å². The van der Waals surface area contributed by atoms with E-state index in [0.717, 1.165) is 11.3 Å². The molecule has 0 spiro atoms. The summed E-state index contributed by atoms with van der Waals surface area (Å²) >= 11 is 1.34. The van der Waals surface area contributed by atoms with E-state index in [-0.39, 0.29) is 5.91 Å². The summed E-state index contributed by atoms with van der Waals surface area (Å²) in [7, 11) is 0. The van der Waals surface area contributed by atoms with Crippen LogP contribution < -0.4 is 5.32 Å². The van der Waals surface area contributed by atoms with Crippen molar-refractivity contribution in [3.8, 4) is 11.3 Å². The summed E-state index contributed by atoms with van der Waals surface area (Å²) in [6.45, 7) is 0. The zero-order chi connectivity index (χ0) is 14.8. The minimum atomic E-state index is -0.898. The van der Waals surface area contributed by atoms with Crippen LogP contribution in [0.2, 0.25) is 0 Å². The first-order chi connectivity index (χ1) is 10.1. The molecule has 1 aliphatic carbocycles. The third-order valence-electron chi connectivity index (χ3n) is 3.73. The molecule has 6 heteroatoms. The largest absolute Gasteiger partial charge is 0.481 e. The van der Waals surface area contributed by atoms with Gasteiger partial charge in [0.2, 0.25) is 5.91 Å². The number of carboxylic acid groups (broad SMARTS) is 1. The van der Waals surface area contributed by atoms with E-state index in [4.69, 9.17) is 5.11 Å². The number of carbonyl (C=O) groups excluding carboxylic acids is 1. The molecule has 0 bridgehead atoms. The van der Waals surface area contributed by atoms with Gasteiger partial charge in [-0.15, -0.1) is 11.3 Å². The topological polar surface area (TPSA) is 79.3 Å². The predicted molar refractivity (Wildman–Crippen MR) is 80.0 cm³/mol. The third-order valence-corrected chi connectivity index (χ3v) is 4.49. The highest BCUT2D eigenvalue weighted by Gasteiger charge is 2.41. The molecule has 0 saturated heterocycles. The van der Waals surface area contributed by atoms with Crippen LogP contribution in [0.25, 0.3) is 11.3 Å². The van der Waals surface area contributed by atoms with Crippen LogP contribution in [-0.2, 0) is 9.59 Å². The number of nitrogens with one attached hydrogen (secondary N) is 1. The van der Waals surface area contributed by atoms with Gasteiger partial charge in [-0.2, -0.15) is 0 Å². The molecular formula is C15H14N2O3S. The minimum Gasteiger partial charge on any atom is -0.481 e. The summed E-state index contributed by atoms with van der Waals surface area (Å²) in [5.41, 5.74) is 1.79. The predicted octanol–water partition coefficient (Wildman–Crippen LogP) is 2.86. The molecule has 0 aliphatic heterocycles. The molecule has 1 aromatic carbocycles. The normalized spacial score (nSPS) is 20.6. The second-order valence-electron chi connectivity index (χ2n) is 5.02. The first kappa shape index (κ1) is 13.8. The Morgan fingerprint density at radius 3 is 2.52 bits per heavy atom. The number of thiazole rings is 1. The van der Waals surface area contributed by atoms with Gasteiger partial charge in [0, 0.05) is 10.9 Å². The third kappa shape index (κ3) is 2.80. The molecular weight excluding hydrogens is 288 g/mol. The highest BCUT2D eigenvalue weighted by molar-refractivity contribution is 7.14. The minimum absolute atomic E-state index is 0.248. The molecule has 5 nitrogen and oxygen atoms in total. The molecule has 1 fully saturated rings. The Morgan fingerprint density at radius 2 is 1.90 bits per heavy atom. The van der Waals surface area contributed by atoms with Crippen molar-refractivity contribution in [1.29, 1.82) is 0 Å². The maximum absolute atomic E-state index is 12.0. The summed E-state index contributed by atoms with van der Waals surface area (Å²) in [6.07, 6.45) is 1.19. The highest BCUT2D eigenvalue weighted by atomic mass is 32.1. The van der Waals surface area contributed by atoms with Crippen molar-refractivity contribution in [3.63, 3.8) is 0 Å². The fraction of sp³-hybridized carbons (Fsp3) is 0.267. The van der Waals surface area contributed by atoms with Crippen LogP contribution >= 0.6 is 11.3 Å². The summed E-state index contributed by atoms with van der Waals surface area (Å²) in [5.74, 6) is -2.14. The van der Waals surface area contributed by atoms with E-state index in [1.165, 1.54) is 11.3 Å². The van der Waals surface area contributed by atoms with Gasteiger partial charge in [-0.3, -0.25) is 9.59 Å². The lowest BCUT2D eigenvalue weighted by Gasteiger charge is -2.31. The standard InChI is InChI=1S/C15H14N2O3S/c18-13(10-6-7-11(10)14(19)20)17-15-16-12(8-21-15)9-4-2-1-3-5-9/h1-5,8,10-11H,6-7H2,(H,19,20)(H,16,17,18)/t10-,11+/m0/s1. The number of amides is 1. The van der Waals surface area contributed by atoms with E-state index in [1.807, 2.05) is 35.7 Å². The van der Waals surface area contributed by atoms with E-state index in [1.54, 1.807) is 0 Å². The maximum atomic E-state index is 12.0. The Kier molecular flexibility index (Phi) is 3.70. The van der Waals surface area contributed by atoms with Gasteiger partial charge in [0.15, 0.2) is 5.13 Å². The van der Waals surface area contributed by atoms with Gasteiger partial charge in [-0.25, -0.2) is 4.98 Å². The smallest absolute Gasteiger partial charge is 0.307 e. The molecule has 1 amide bonds. The average molecular weight is 302 g/mol. The van der Waals surface area contributed by atoms with Crippen molar-refractivity contribution in [2.24, 2.45) is 11.8 Å².